The van der Waals surface area contributed by atoms with Crippen molar-refractivity contribution < 1.29 is 9.25 Å². The Morgan fingerprint density at radius 2 is 2.25 bits per heavy atom. The van der Waals surface area contributed by atoms with Crippen LogP contribution in [0, 0.1) is 13.8 Å². The van der Waals surface area contributed by atoms with Gasteiger partial charge in [-0.1, -0.05) is 6.92 Å². The van der Waals surface area contributed by atoms with Crippen LogP contribution in [0.5, 0.6) is 0 Å². The molecule has 0 bridgehead atoms. The van der Waals surface area contributed by atoms with Crippen molar-refractivity contribution in [1.82, 2.24) is 4.98 Å². The lowest BCUT2D eigenvalue weighted by atomic mass is 10.2. The quantitative estimate of drug-likeness (QED) is 0.694. The van der Waals surface area contributed by atoms with Gasteiger partial charge < -0.3 is 9.25 Å². The minimum atomic E-state index is 0.113. The largest absolute Gasteiger partial charge is 0.445 e. The number of oxazole rings is 1. The van der Waals surface area contributed by atoms with Gasteiger partial charge in [0.15, 0.2) is 5.89 Å². The minimum absolute atomic E-state index is 0.113. The first-order valence-electron chi connectivity index (χ1n) is 3.90. The van der Waals surface area contributed by atoms with Crippen LogP contribution in [0.1, 0.15) is 30.2 Å². The molecule has 1 rings (SSSR count). The Bertz CT molecular complexity index is 238. The van der Waals surface area contributed by atoms with Crippen LogP contribution in [-0.2, 0) is 4.84 Å². The van der Waals surface area contributed by atoms with E-state index in [2.05, 4.69) is 9.82 Å². The van der Waals surface area contributed by atoms with E-state index >= 15 is 0 Å². The third-order valence-electron chi connectivity index (χ3n) is 1.81. The highest BCUT2D eigenvalue weighted by molar-refractivity contribution is 5.07. The topological polar surface area (TPSA) is 61.3 Å². The molecule has 2 N–H and O–H groups in total. The van der Waals surface area contributed by atoms with Gasteiger partial charge in [-0.3, -0.25) is 0 Å². The Balaban J connectivity index is 2.74. The molecule has 0 aromatic carbocycles. The minimum Gasteiger partial charge on any atom is -0.445 e. The zero-order chi connectivity index (χ0) is 9.14. The highest BCUT2D eigenvalue weighted by Crippen LogP contribution is 2.17. The Morgan fingerprint density at radius 1 is 1.58 bits per heavy atom. The van der Waals surface area contributed by atoms with Crippen molar-refractivity contribution in [3.8, 4) is 0 Å². The van der Waals surface area contributed by atoms with Crippen molar-refractivity contribution in [3.63, 3.8) is 0 Å². The first-order valence-corrected chi connectivity index (χ1v) is 3.90. The van der Waals surface area contributed by atoms with Crippen LogP contribution in [0.2, 0.25) is 0 Å². The fourth-order valence-electron chi connectivity index (χ4n) is 0.924. The number of aryl methyl sites for hydroxylation is 2. The van der Waals surface area contributed by atoms with Gasteiger partial charge in [0.2, 0.25) is 0 Å². The Labute approximate surface area is 71.7 Å². The second kappa shape index (κ2) is 3.69. The predicted molar refractivity (Wildman–Crippen MR) is 44.5 cm³/mol. The van der Waals surface area contributed by atoms with E-state index in [1.165, 1.54) is 0 Å². The molecular formula is C8H14N2O2. The molecule has 1 heterocycles. The zero-order valence-electron chi connectivity index (χ0n) is 7.63. The SMILES string of the molecule is Cc1nc(C(C)CON)oc1C. The molecule has 0 aliphatic rings. The van der Waals surface area contributed by atoms with Crippen LogP contribution >= 0.6 is 0 Å². The molecule has 4 heteroatoms. The van der Waals surface area contributed by atoms with Crippen molar-refractivity contribution >= 4 is 0 Å². The van der Waals surface area contributed by atoms with E-state index in [-0.39, 0.29) is 5.92 Å². The van der Waals surface area contributed by atoms with Gasteiger partial charge in [0.25, 0.3) is 0 Å². The van der Waals surface area contributed by atoms with Crippen molar-refractivity contribution in [2.24, 2.45) is 5.90 Å². The summed E-state index contributed by atoms with van der Waals surface area (Å²) < 4.78 is 5.38. The van der Waals surface area contributed by atoms with Crippen molar-refractivity contribution in [2.45, 2.75) is 26.7 Å². The van der Waals surface area contributed by atoms with Crippen LogP contribution in [0.15, 0.2) is 4.42 Å². The van der Waals surface area contributed by atoms with Crippen molar-refractivity contribution in [1.29, 1.82) is 0 Å². The number of nitrogens with zero attached hydrogens (tertiary/aromatic N) is 1. The van der Waals surface area contributed by atoms with Gasteiger partial charge in [-0.25, -0.2) is 10.9 Å². The van der Waals surface area contributed by atoms with Crippen molar-refractivity contribution in [2.75, 3.05) is 6.61 Å². The third-order valence-corrected chi connectivity index (χ3v) is 1.81. The third kappa shape index (κ3) is 1.84. The Kier molecular flexibility index (Phi) is 2.83. The highest BCUT2D eigenvalue weighted by atomic mass is 16.6. The molecule has 0 amide bonds. The van der Waals surface area contributed by atoms with E-state index in [1.807, 2.05) is 20.8 Å². The molecule has 1 unspecified atom stereocenters. The maximum Gasteiger partial charge on any atom is 0.199 e. The van der Waals surface area contributed by atoms with Crippen LogP contribution < -0.4 is 5.90 Å². The van der Waals surface area contributed by atoms with E-state index in [4.69, 9.17) is 10.3 Å². The molecule has 1 aromatic heterocycles. The standard InChI is InChI=1S/C8H14N2O2/c1-5(4-11-9)8-10-6(2)7(3)12-8/h5H,4,9H2,1-3H3. The van der Waals surface area contributed by atoms with Gasteiger partial charge >= 0.3 is 0 Å². The van der Waals surface area contributed by atoms with E-state index in [0.29, 0.717) is 12.5 Å². The van der Waals surface area contributed by atoms with Crippen molar-refractivity contribution in [3.05, 3.63) is 17.3 Å². The van der Waals surface area contributed by atoms with Gasteiger partial charge in [-0.15, -0.1) is 0 Å². The summed E-state index contributed by atoms with van der Waals surface area (Å²) in [5.74, 6) is 6.60. The fourth-order valence-corrected chi connectivity index (χ4v) is 0.924. The van der Waals surface area contributed by atoms with E-state index in [1.54, 1.807) is 0 Å². The molecule has 0 aliphatic heterocycles. The maximum atomic E-state index is 5.38. The van der Waals surface area contributed by atoms with E-state index in [0.717, 1.165) is 11.5 Å². The Morgan fingerprint density at radius 3 is 2.67 bits per heavy atom. The molecule has 1 atom stereocenters. The summed E-state index contributed by atoms with van der Waals surface area (Å²) >= 11 is 0. The molecule has 1 aromatic rings. The summed E-state index contributed by atoms with van der Waals surface area (Å²) in [6, 6.07) is 0. The molecule has 0 saturated carbocycles. The smallest absolute Gasteiger partial charge is 0.199 e. The van der Waals surface area contributed by atoms with Gasteiger partial charge in [-0.05, 0) is 13.8 Å². The van der Waals surface area contributed by atoms with Gasteiger partial charge in [0.05, 0.1) is 18.2 Å². The lowest BCUT2D eigenvalue weighted by molar-refractivity contribution is 0.119. The molecule has 0 saturated heterocycles. The summed E-state index contributed by atoms with van der Waals surface area (Å²) in [6.07, 6.45) is 0. The summed E-state index contributed by atoms with van der Waals surface area (Å²) in [4.78, 5) is 8.73. The second-order valence-corrected chi connectivity index (χ2v) is 2.93. The lowest BCUT2D eigenvalue weighted by Crippen LogP contribution is -2.08. The molecule has 0 spiro atoms. The number of hydrogen-bond acceptors (Lipinski definition) is 4. The van der Waals surface area contributed by atoms with Crippen LogP contribution in [0.3, 0.4) is 0 Å². The molecule has 0 radical (unpaired) electrons. The zero-order valence-corrected chi connectivity index (χ0v) is 7.63. The molecule has 0 fully saturated rings. The summed E-state index contributed by atoms with van der Waals surface area (Å²) in [7, 11) is 0. The van der Waals surface area contributed by atoms with Gasteiger partial charge in [-0.2, -0.15) is 0 Å². The normalized spacial score (nSPS) is 13.3. The highest BCUT2D eigenvalue weighted by Gasteiger charge is 2.13. The molecule has 68 valence electrons. The van der Waals surface area contributed by atoms with E-state index < -0.39 is 0 Å². The summed E-state index contributed by atoms with van der Waals surface area (Å²) in [6.45, 7) is 6.19. The molecular weight excluding hydrogens is 156 g/mol. The number of aromatic nitrogens is 1. The second-order valence-electron chi connectivity index (χ2n) is 2.93. The Hall–Kier alpha value is -0.870. The monoisotopic (exact) mass is 170 g/mol. The number of nitrogens with two attached hydrogens (primary N) is 1. The summed E-state index contributed by atoms with van der Waals surface area (Å²) in [5.41, 5.74) is 0.925. The van der Waals surface area contributed by atoms with Crippen LogP contribution in [0.25, 0.3) is 0 Å². The molecule has 0 aliphatic carbocycles. The van der Waals surface area contributed by atoms with Crippen LogP contribution in [-0.4, -0.2) is 11.6 Å². The average Bonchev–Trinajstić information content (AvgIpc) is 2.33. The van der Waals surface area contributed by atoms with E-state index in [9.17, 15) is 0 Å². The summed E-state index contributed by atoms with van der Waals surface area (Å²) in [5, 5.41) is 0. The van der Waals surface area contributed by atoms with Gasteiger partial charge in [0.1, 0.15) is 5.76 Å². The molecule has 12 heavy (non-hydrogen) atoms. The number of rotatable bonds is 3. The predicted octanol–water partition coefficient (Wildman–Crippen LogP) is 1.29. The first kappa shape index (κ1) is 9.22. The first-order chi connectivity index (χ1) is 5.65. The fraction of sp³-hybridized carbons (Fsp3) is 0.625. The lowest BCUT2D eigenvalue weighted by Gasteiger charge is -2.03. The maximum absolute atomic E-state index is 5.38. The van der Waals surface area contributed by atoms with Crippen LogP contribution in [0.4, 0.5) is 0 Å². The molecule has 4 nitrogen and oxygen atoms in total. The van der Waals surface area contributed by atoms with Gasteiger partial charge in [0, 0.05) is 0 Å². The average molecular weight is 170 g/mol. The number of hydrogen-bond donors (Lipinski definition) is 1.